The van der Waals surface area contributed by atoms with E-state index in [0.29, 0.717) is 5.11 Å². The number of carbonyl (C=O) groups is 1. The van der Waals surface area contributed by atoms with Gasteiger partial charge in [-0.1, -0.05) is 30.5 Å². The average molecular weight is 343 g/mol. The number of benzene rings is 1. The van der Waals surface area contributed by atoms with Crippen molar-refractivity contribution in [3.05, 3.63) is 29.8 Å². The first kappa shape index (κ1) is 16.1. The molecule has 1 aromatic carbocycles. The molecular weight excluding hydrogens is 316 g/mol. The van der Waals surface area contributed by atoms with Crippen LogP contribution in [-0.4, -0.2) is 11.0 Å². The summed E-state index contributed by atoms with van der Waals surface area (Å²) in [7, 11) is 0. The average Bonchev–Trinajstić information content (AvgIpc) is 2.75. The predicted octanol–water partition coefficient (Wildman–Crippen LogP) is 4.41. The molecule has 0 saturated heterocycles. The van der Waals surface area contributed by atoms with Crippen LogP contribution >= 0.6 is 12.2 Å². The highest BCUT2D eigenvalue weighted by atomic mass is 32.1. The lowest BCUT2D eigenvalue weighted by Gasteiger charge is -2.47. The van der Waals surface area contributed by atoms with E-state index < -0.39 is 0 Å². The fourth-order valence-corrected chi connectivity index (χ4v) is 5.71. The third-order valence-electron chi connectivity index (χ3n) is 6.37. The fraction of sp³-hybridized carbons (Fsp3) is 0.600. The third kappa shape index (κ3) is 3.08. The van der Waals surface area contributed by atoms with Gasteiger partial charge in [0.25, 0.3) is 0 Å². The molecule has 4 aliphatic rings. The number of amides is 1. The van der Waals surface area contributed by atoms with E-state index >= 15 is 0 Å². The van der Waals surface area contributed by atoms with E-state index in [0.717, 1.165) is 42.7 Å². The molecule has 0 aromatic heterocycles. The van der Waals surface area contributed by atoms with Crippen LogP contribution in [0.4, 0.5) is 5.69 Å². The summed E-state index contributed by atoms with van der Waals surface area (Å²) < 4.78 is 0. The zero-order chi connectivity index (χ0) is 16.7. The molecule has 128 valence electrons. The van der Waals surface area contributed by atoms with Crippen molar-refractivity contribution in [3.8, 4) is 0 Å². The van der Waals surface area contributed by atoms with Crippen molar-refractivity contribution in [1.82, 2.24) is 5.32 Å². The van der Waals surface area contributed by atoms with Crippen molar-refractivity contribution >= 4 is 28.9 Å². The molecule has 2 atom stereocenters. The largest absolute Gasteiger partial charge is 0.332 e. The Morgan fingerprint density at radius 2 is 1.62 bits per heavy atom. The molecule has 4 aliphatic carbocycles. The van der Waals surface area contributed by atoms with Crippen LogP contribution in [0.2, 0.25) is 0 Å². The lowest BCUT2D eigenvalue weighted by molar-refractivity contribution is -0.136. The lowest BCUT2D eigenvalue weighted by atomic mass is 9.58. The van der Waals surface area contributed by atoms with Gasteiger partial charge in [-0.2, -0.15) is 0 Å². The summed E-state index contributed by atoms with van der Waals surface area (Å²) >= 11 is 5.39. The maximum absolute atomic E-state index is 13.1. The molecule has 0 aliphatic heterocycles. The number of rotatable bonds is 2. The number of anilines is 1. The van der Waals surface area contributed by atoms with Crippen LogP contribution in [0, 0.1) is 30.1 Å². The highest BCUT2D eigenvalue weighted by molar-refractivity contribution is 7.80. The minimum absolute atomic E-state index is 0.161. The topological polar surface area (TPSA) is 41.1 Å². The number of hydrogen-bond acceptors (Lipinski definition) is 2. The number of nitrogens with one attached hydrogen (secondary N) is 2. The van der Waals surface area contributed by atoms with Crippen LogP contribution in [0.25, 0.3) is 0 Å². The van der Waals surface area contributed by atoms with Gasteiger partial charge in [-0.3, -0.25) is 4.79 Å². The molecule has 1 amide bonds. The molecule has 4 saturated carbocycles. The molecule has 1 aromatic rings. The molecule has 4 bridgehead atoms. The SMILES string of the molecule is Cc1ccc(NC(=S)NC(=O)C23CC4CCC(CC(C4)C2)C3)cc1. The molecule has 2 N–H and O–H groups in total. The van der Waals surface area contributed by atoms with E-state index in [-0.39, 0.29) is 11.3 Å². The molecule has 0 heterocycles. The summed E-state index contributed by atoms with van der Waals surface area (Å²) in [6.45, 7) is 2.06. The molecule has 4 fully saturated rings. The minimum atomic E-state index is -0.161. The number of hydrogen-bond donors (Lipinski definition) is 2. The van der Waals surface area contributed by atoms with Gasteiger partial charge < -0.3 is 10.6 Å². The summed E-state index contributed by atoms with van der Waals surface area (Å²) in [5.41, 5.74) is 1.97. The Balaban J connectivity index is 1.44. The van der Waals surface area contributed by atoms with E-state index in [4.69, 9.17) is 12.2 Å². The summed E-state index contributed by atoms with van der Waals surface area (Å²) in [5, 5.41) is 6.59. The van der Waals surface area contributed by atoms with Crippen LogP contribution in [-0.2, 0) is 4.79 Å². The van der Waals surface area contributed by atoms with E-state index in [2.05, 4.69) is 17.6 Å². The molecule has 0 radical (unpaired) electrons. The molecule has 0 spiro atoms. The summed E-state index contributed by atoms with van der Waals surface area (Å²) in [5.74, 6) is 2.42. The van der Waals surface area contributed by atoms with Crippen LogP contribution in [0.1, 0.15) is 50.5 Å². The van der Waals surface area contributed by atoms with E-state index in [1.807, 2.05) is 24.3 Å². The molecule has 4 heteroatoms. The van der Waals surface area contributed by atoms with E-state index in [1.54, 1.807) is 0 Å². The molecule has 3 nitrogen and oxygen atoms in total. The summed E-state index contributed by atoms with van der Waals surface area (Å²) in [6.07, 6.45) is 8.54. The number of carbonyl (C=O) groups excluding carboxylic acids is 1. The van der Waals surface area contributed by atoms with Gasteiger partial charge in [0.1, 0.15) is 0 Å². The van der Waals surface area contributed by atoms with Crippen molar-refractivity contribution in [2.75, 3.05) is 5.32 Å². The maximum Gasteiger partial charge on any atom is 0.232 e. The molecule has 24 heavy (non-hydrogen) atoms. The Bertz CT molecular complexity index is 638. The van der Waals surface area contributed by atoms with Gasteiger partial charge in [0.15, 0.2) is 5.11 Å². The van der Waals surface area contributed by atoms with Crippen LogP contribution in [0.5, 0.6) is 0 Å². The van der Waals surface area contributed by atoms with Gasteiger partial charge in [0.05, 0.1) is 5.41 Å². The molecule has 5 rings (SSSR count). The highest BCUT2D eigenvalue weighted by Gasteiger charge is 2.52. The summed E-state index contributed by atoms with van der Waals surface area (Å²) in [4.78, 5) is 13.1. The van der Waals surface area contributed by atoms with Gasteiger partial charge in [-0.15, -0.1) is 0 Å². The number of fused-ring (bicyclic) bond motifs is 1. The van der Waals surface area contributed by atoms with Crippen molar-refractivity contribution in [2.45, 2.75) is 51.9 Å². The quantitative estimate of drug-likeness (QED) is 0.782. The zero-order valence-corrected chi connectivity index (χ0v) is 15.1. The third-order valence-corrected chi connectivity index (χ3v) is 6.58. The second kappa shape index (κ2) is 6.14. The van der Waals surface area contributed by atoms with Gasteiger partial charge in [0, 0.05) is 5.69 Å². The van der Waals surface area contributed by atoms with E-state index in [9.17, 15) is 4.79 Å². The first-order valence-electron chi connectivity index (χ1n) is 9.21. The van der Waals surface area contributed by atoms with Gasteiger partial charge >= 0.3 is 0 Å². The van der Waals surface area contributed by atoms with Gasteiger partial charge in [-0.25, -0.2) is 0 Å². The Labute approximate surface area is 149 Å². The smallest absolute Gasteiger partial charge is 0.232 e. The monoisotopic (exact) mass is 342 g/mol. The predicted molar refractivity (Wildman–Crippen MR) is 101 cm³/mol. The number of thiocarbonyl (C=S) groups is 1. The van der Waals surface area contributed by atoms with Crippen LogP contribution < -0.4 is 10.6 Å². The van der Waals surface area contributed by atoms with Gasteiger partial charge in [-0.05, 0) is 81.1 Å². The molecule has 2 unspecified atom stereocenters. The lowest BCUT2D eigenvalue weighted by Crippen LogP contribution is -2.50. The Morgan fingerprint density at radius 1 is 1.04 bits per heavy atom. The standard InChI is InChI=1S/C20H26N2OS/c1-13-2-6-17(7-3-13)21-19(24)22-18(23)20-10-14-4-5-15(11-20)9-16(8-14)12-20/h2-3,6-7,14-16H,4-5,8-12H2,1H3,(H2,21,22,23,24). The Morgan fingerprint density at radius 3 is 2.25 bits per heavy atom. The Hall–Kier alpha value is -1.42. The minimum Gasteiger partial charge on any atom is -0.332 e. The van der Waals surface area contributed by atoms with Crippen LogP contribution in [0.3, 0.4) is 0 Å². The highest BCUT2D eigenvalue weighted by Crippen LogP contribution is 2.57. The first-order valence-corrected chi connectivity index (χ1v) is 9.62. The van der Waals surface area contributed by atoms with E-state index in [1.165, 1.54) is 31.2 Å². The van der Waals surface area contributed by atoms with Crippen molar-refractivity contribution in [1.29, 1.82) is 0 Å². The number of aryl methyl sites for hydroxylation is 1. The zero-order valence-electron chi connectivity index (χ0n) is 14.3. The van der Waals surface area contributed by atoms with Crippen molar-refractivity contribution in [3.63, 3.8) is 0 Å². The van der Waals surface area contributed by atoms with Crippen molar-refractivity contribution < 1.29 is 4.79 Å². The Kier molecular flexibility index (Phi) is 4.11. The van der Waals surface area contributed by atoms with Crippen molar-refractivity contribution in [2.24, 2.45) is 23.2 Å². The van der Waals surface area contributed by atoms with Gasteiger partial charge in [0.2, 0.25) is 5.91 Å². The second-order valence-corrected chi connectivity index (χ2v) is 8.72. The molecular formula is C20H26N2OS. The maximum atomic E-state index is 13.1. The normalized spacial score (nSPS) is 33.8. The fourth-order valence-electron chi connectivity index (χ4n) is 5.50. The second-order valence-electron chi connectivity index (χ2n) is 8.31. The summed E-state index contributed by atoms with van der Waals surface area (Å²) in [6, 6.07) is 8.05. The van der Waals surface area contributed by atoms with Crippen LogP contribution in [0.15, 0.2) is 24.3 Å². The first-order chi connectivity index (χ1) is 11.5.